The minimum absolute atomic E-state index is 0.199. The molecule has 2 aromatic rings. The van der Waals surface area contributed by atoms with Gasteiger partial charge in [0.1, 0.15) is 10.8 Å². The molecule has 0 N–H and O–H groups in total. The highest BCUT2D eigenvalue weighted by molar-refractivity contribution is 7.86. The number of benzene rings is 2. The van der Waals surface area contributed by atoms with E-state index in [9.17, 15) is 9.59 Å². The Morgan fingerprint density at radius 3 is 0.935 bits per heavy atom. The summed E-state index contributed by atoms with van der Waals surface area (Å²) in [5.74, 6) is 0. The molecule has 0 saturated heterocycles. The highest BCUT2D eigenvalue weighted by atomic mass is 29.6. The molecular weight excluding hydrogens is 429 g/mol. The summed E-state index contributed by atoms with van der Waals surface area (Å²) < 4.78 is 0. The van der Waals surface area contributed by atoms with E-state index in [1.807, 2.05) is 27.7 Å². The molecule has 2 aromatic carbocycles. The van der Waals surface area contributed by atoms with Gasteiger partial charge in [0.2, 0.25) is 7.11 Å². The van der Waals surface area contributed by atoms with Crippen molar-refractivity contribution in [3.05, 3.63) is 68.8 Å². The van der Waals surface area contributed by atoms with Crippen LogP contribution in [0.1, 0.15) is 54.1 Å². The van der Waals surface area contributed by atoms with Crippen LogP contribution in [0, 0.1) is 41.5 Å². The zero-order valence-electron chi connectivity index (χ0n) is 21.6. The molecule has 0 amide bonds. The number of hydrogen-bond acceptors (Lipinski definition) is 2. The maximum atomic E-state index is 14.7. The van der Waals surface area contributed by atoms with E-state index in [1.165, 1.54) is 0 Å². The molecule has 0 fully saturated rings. The van der Waals surface area contributed by atoms with Gasteiger partial charge < -0.3 is 9.59 Å². The molecule has 0 aliphatic heterocycles. The lowest BCUT2D eigenvalue weighted by Crippen LogP contribution is -2.81. The van der Waals surface area contributed by atoms with Crippen LogP contribution in [-0.2, 0) is 0 Å². The lowest BCUT2D eigenvalue weighted by molar-refractivity contribution is 0.103. The van der Waals surface area contributed by atoms with Crippen molar-refractivity contribution >= 4 is 33.1 Å². The molecule has 0 unspecified atom stereocenters. The molecule has 2 rings (SSSR count). The first-order valence-electron chi connectivity index (χ1n) is 11.2. The largest absolute Gasteiger partial charge is 0.300 e. The third kappa shape index (κ3) is 4.24. The molecule has 0 bridgehead atoms. The molecule has 31 heavy (non-hydrogen) atoms. The topological polar surface area (TPSA) is 34.1 Å². The summed E-state index contributed by atoms with van der Waals surface area (Å²) in [6.45, 7) is 25.9. The number of aryl methyl sites for hydroxylation is 6. The summed E-state index contributed by atoms with van der Waals surface area (Å²) in [6.07, 6.45) is 0. The van der Waals surface area contributed by atoms with Crippen LogP contribution in [-0.4, -0.2) is 33.1 Å². The van der Waals surface area contributed by atoms with Gasteiger partial charge in [-0.05, 0) is 63.8 Å². The lowest BCUT2D eigenvalue weighted by atomic mass is 10.0. The fourth-order valence-electron chi connectivity index (χ4n) is 6.04. The van der Waals surface area contributed by atoms with Crippen LogP contribution in [0.15, 0.2) is 24.3 Å². The molecule has 0 atom stereocenters. The fraction of sp³-hybridized carbons (Fsp3) is 0.462. The maximum Gasteiger partial charge on any atom is 0.202 e. The van der Waals surface area contributed by atoms with Crippen molar-refractivity contribution in [2.24, 2.45) is 0 Å². The summed E-state index contributed by atoms with van der Waals surface area (Å²) in [5.41, 5.74) is 8.02. The predicted octanol–water partition coefficient (Wildman–Crippen LogP) is 6.96. The summed E-state index contributed by atoms with van der Waals surface area (Å²) in [6, 6.07) is 8.39. The Morgan fingerprint density at radius 1 is 0.516 bits per heavy atom. The standard InChI is InChI=1S/C26H40O2Si3/c1-17-13-19(3)23(20(4)14-17)25(27)31(29(7,8)9,30(10,11)12)26(28)24-21(5)15-18(2)16-22(24)6/h13-16H,1-12H3. The number of rotatable bonds is 6. The van der Waals surface area contributed by atoms with Gasteiger partial charge >= 0.3 is 0 Å². The van der Waals surface area contributed by atoms with Gasteiger partial charge in [0.15, 0.2) is 0 Å². The average Bonchev–Trinajstić information content (AvgIpc) is 2.50. The Hall–Kier alpha value is -1.57. The van der Waals surface area contributed by atoms with E-state index < -0.39 is 22.3 Å². The highest BCUT2D eigenvalue weighted by Crippen LogP contribution is 2.38. The van der Waals surface area contributed by atoms with Crippen LogP contribution in [0.4, 0.5) is 0 Å². The minimum Gasteiger partial charge on any atom is -0.300 e. The second-order valence-corrected chi connectivity index (χ2v) is 37.9. The number of carbonyl (C=O) groups excluding carboxylic acids is 2. The molecule has 0 heterocycles. The molecule has 2 nitrogen and oxygen atoms in total. The van der Waals surface area contributed by atoms with Gasteiger partial charge in [0.05, 0.1) is 15.2 Å². The third-order valence-corrected chi connectivity index (χ3v) is 42.8. The van der Waals surface area contributed by atoms with Crippen molar-refractivity contribution in [3.63, 3.8) is 0 Å². The predicted molar refractivity (Wildman–Crippen MR) is 142 cm³/mol. The third-order valence-electron chi connectivity index (χ3n) is 6.74. The van der Waals surface area contributed by atoms with Crippen LogP contribution >= 0.6 is 0 Å². The summed E-state index contributed by atoms with van der Waals surface area (Å²) in [4.78, 5) is 29.5. The number of carbonyl (C=O) groups is 2. The Labute approximate surface area is 192 Å². The highest BCUT2D eigenvalue weighted by Gasteiger charge is 2.66. The van der Waals surface area contributed by atoms with Crippen LogP contribution in [0.5, 0.6) is 0 Å². The van der Waals surface area contributed by atoms with E-state index in [0.717, 1.165) is 44.5 Å². The Balaban J connectivity index is 3.00. The average molecular weight is 469 g/mol. The van der Waals surface area contributed by atoms with Crippen molar-refractivity contribution in [1.82, 2.24) is 0 Å². The van der Waals surface area contributed by atoms with E-state index >= 15 is 0 Å². The smallest absolute Gasteiger partial charge is 0.202 e. The van der Waals surface area contributed by atoms with Crippen LogP contribution in [0.25, 0.3) is 0 Å². The fourth-order valence-corrected chi connectivity index (χ4v) is 49.4. The zero-order valence-corrected chi connectivity index (χ0v) is 24.6. The molecule has 0 radical (unpaired) electrons. The molecule has 0 aromatic heterocycles. The second-order valence-electron chi connectivity index (χ2n) is 11.5. The van der Waals surface area contributed by atoms with Gasteiger partial charge in [0.25, 0.3) is 0 Å². The normalized spacial score (nSPS) is 12.8. The molecule has 0 saturated carbocycles. The SMILES string of the molecule is Cc1cc(C)c(C(=O)[Si](C(=O)c2c(C)cc(C)cc2C)([Si](C)(C)C)[Si](C)(C)C)c(C)c1. The van der Waals surface area contributed by atoms with Gasteiger partial charge in [-0.15, -0.1) is 0 Å². The van der Waals surface area contributed by atoms with Crippen molar-refractivity contribution in [2.75, 3.05) is 0 Å². The molecule has 5 heteroatoms. The summed E-state index contributed by atoms with van der Waals surface area (Å²) >= 11 is 0. The zero-order chi connectivity index (χ0) is 24.1. The molecule has 168 valence electrons. The van der Waals surface area contributed by atoms with Crippen LogP contribution in [0.2, 0.25) is 39.3 Å². The molecule has 0 aliphatic carbocycles. The molecule has 0 spiro atoms. The van der Waals surface area contributed by atoms with E-state index in [2.05, 4.69) is 77.4 Å². The summed E-state index contributed by atoms with van der Waals surface area (Å²) in [7, 11) is -7.41. The Kier molecular flexibility index (Phi) is 6.97. The van der Waals surface area contributed by atoms with Crippen LogP contribution < -0.4 is 0 Å². The van der Waals surface area contributed by atoms with Gasteiger partial charge in [0, 0.05) is 11.1 Å². The maximum absolute atomic E-state index is 14.7. The minimum atomic E-state index is -3.05. The van der Waals surface area contributed by atoms with Crippen molar-refractivity contribution in [1.29, 1.82) is 0 Å². The lowest BCUT2D eigenvalue weighted by Gasteiger charge is -2.47. The van der Waals surface area contributed by atoms with E-state index in [0.29, 0.717) is 0 Å². The van der Waals surface area contributed by atoms with Crippen LogP contribution in [0.3, 0.4) is 0 Å². The monoisotopic (exact) mass is 468 g/mol. The second kappa shape index (κ2) is 8.41. The number of hydrogen-bond donors (Lipinski definition) is 0. The first-order valence-corrected chi connectivity index (χ1v) is 22.2. The first kappa shape index (κ1) is 25.7. The quantitative estimate of drug-likeness (QED) is 0.429. The Bertz CT molecular complexity index is 922. The van der Waals surface area contributed by atoms with Crippen molar-refractivity contribution < 1.29 is 9.59 Å². The van der Waals surface area contributed by atoms with Crippen molar-refractivity contribution in [2.45, 2.75) is 80.8 Å². The van der Waals surface area contributed by atoms with Gasteiger partial charge in [-0.2, -0.15) is 0 Å². The van der Waals surface area contributed by atoms with Crippen molar-refractivity contribution in [3.8, 4) is 0 Å². The Morgan fingerprint density at radius 2 is 0.742 bits per heavy atom. The molecule has 0 aliphatic rings. The molecular formula is C26H40O2Si3. The van der Waals surface area contributed by atoms with Gasteiger partial charge in [-0.25, -0.2) is 0 Å². The first-order chi connectivity index (χ1) is 14.0. The summed E-state index contributed by atoms with van der Waals surface area (Å²) in [5, 5.41) is 0.399. The van der Waals surface area contributed by atoms with E-state index in [-0.39, 0.29) is 10.8 Å². The van der Waals surface area contributed by atoms with Gasteiger partial charge in [-0.1, -0.05) is 74.7 Å². The van der Waals surface area contributed by atoms with Gasteiger partial charge in [-0.3, -0.25) is 0 Å². The van der Waals surface area contributed by atoms with E-state index in [4.69, 9.17) is 0 Å². The van der Waals surface area contributed by atoms with E-state index in [1.54, 1.807) is 0 Å².